The molecule has 0 spiro atoms. The van der Waals surface area contributed by atoms with Crippen molar-refractivity contribution in [2.75, 3.05) is 6.54 Å². The van der Waals surface area contributed by atoms with Gasteiger partial charge in [-0.3, -0.25) is 0 Å². The first kappa shape index (κ1) is 15.8. The molecule has 0 atom stereocenters. The van der Waals surface area contributed by atoms with Crippen LogP contribution in [-0.4, -0.2) is 25.3 Å². The topological polar surface area (TPSA) is 63.4 Å². The summed E-state index contributed by atoms with van der Waals surface area (Å²) in [5.74, 6) is 0. The second-order valence-electron chi connectivity index (χ2n) is 5.16. The molecular formula is C14H21ClN2O2S. The van der Waals surface area contributed by atoms with Crippen LogP contribution in [-0.2, 0) is 16.6 Å². The number of nitrogens with two attached hydrogens (primary N) is 1. The molecule has 0 bridgehead atoms. The van der Waals surface area contributed by atoms with Crippen LogP contribution in [0.15, 0.2) is 23.1 Å². The van der Waals surface area contributed by atoms with Gasteiger partial charge in [-0.1, -0.05) is 31.0 Å². The Morgan fingerprint density at radius 2 is 2.10 bits per heavy atom. The summed E-state index contributed by atoms with van der Waals surface area (Å²) < 4.78 is 27.0. The fourth-order valence-electron chi connectivity index (χ4n) is 2.16. The Labute approximate surface area is 126 Å². The van der Waals surface area contributed by atoms with Gasteiger partial charge in [0.15, 0.2) is 0 Å². The maximum atomic E-state index is 12.7. The average molecular weight is 317 g/mol. The van der Waals surface area contributed by atoms with Gasteiger partial charge in [0.25, 0.3) is 0 Å². The second-order valence-corrected chi connectivity index (χ2v) is 7.46. The largest absolute Gasteiger partial charge is 0.326 e. The number of halogens is 1. The summed E-state index contributed by atoms with van der Waals surface area (Å²) in [5, 5.41) is 0.416. The van der Waals surface area contributed by atoms with Crippen molar-refractivity contribution in [1.82, 2.24) is 4.31 Å². The van der Waals surface area contributed by atoms with Crippen LogP contribution < -0.4 is 5.73 Å². The van der Waals surface area contributed by atoms with E-state index in [2.05, 4.69) is 6.92 Å². The fraction of sp³-hybridized carbons (Fsp3) is 0.571. The lowest BCUT2D eigenvalue weighted by atomic mass is 10.2. The number of nitrogens with zero attached hydrogens (tertiary/aromatic N) is 1. The quantitative estimate of drug-likeness (QED) is 0.841. The molecule has 0 radical (unpaired) electrons. The number of rotatable bonds is 7. The van der Waals surface area contributed by atoms with E-state index in [1.807, 2.05) is 0 Å². The van der Waals surface area contributed by atoms with E-state index < -0.39 is 10.0 Å². The van der Waals surface area contributed by atoms with Crippen molar-refractivity contribution in [3.63, 3.8) is 0 Å². The van der Waals surface area contributed by atoms with Gasteiger partial charge >= 0.3 is 0 Å². The van der Waals surface area contributed by atoms with Gasteiger partial charge in [-0.2, -0.15) is 4.31 Å². The SMILES string of the molecule is CCCCN(C1CC1)S(=O)(=O)c1ccc(CN)c(Cl)c1. The lowest BCUT2D eigenvalue weighted by molar-refractivity contribution is 0.395. The molecule has 1 aliphatic rings. The molecule has 1 aromatic rings. The van der Waals surface area contributed by atoms with E-state index in [9.17, 15) is 8.42 Å². The zero-order valence-corrected chi connectivity index (χ0v) is 13.3. The molecule has 1 aromatic carbocycles. The van der Waals surface area contributed by atoms with Gasteiger partial charge in [-0.05, 0) is 37.0 Å². The summed E-state index contributed by atoms with van der Waals surface area (Å²) in [6.07, 6.45) is 3.77. The van der Waals surface area contributed by atoms with Gasteiger partial charge in [-0.15, -0.1) is 0 Å². The highest BCUT2D eigenvalue weighted by Gasteiger charge is 2.37. The second kappa shape index (κ2) is 6.43. The van der Waals surface area contributed by atoms with Gasteiger partial charge in [0.05, 0.1) is 4.90 Å². The molecule has 1 aliphatic carbocycles. The van der Waals surface area contributed by atoms with Crippen molar-refractivity contribution in [2.24, 2.45) is 5.73 Å². The third-order valence-corrected chi connectivity index (χ3v) is 5.84. The molecule has 0 aliphatic heterocycles. The molecule has 0 unspecified atom stereocenters. The summed E-state index contributed by atoms with van der Waals surface area (Å²) >= 11 is 6.08. The summed E-state index contributed by atoms with van der Waals surface area (Å²) in [5.41, 5.74) is 6.31. The molecule has 2 rings (SSSR count). The van der Waals surface area contributed by atoms with Gasteiger partial charge < -0.3 is 5.73 Å². The van der Waals surface area contributed by atoms with E-state index in [0.717, 1.165) is 31.2 Å². The molecule has 6 heteroatoms. The molecule has 0 heterocycles. The van der Waals surface area contributed by atoms with Gasteiger partial charge in [0.1, 0.15) is 0 Å². The predicted octanol–water partition coefficient (Wildman–Crippen LogP) is 2.75. The zero-order valence-electron chi connectivity index (χ0n) is 11.7. The normalized spacial score (nSPS) is 15.8. The van der Waals surface area contributed by atoms with Crippen LogP contribution in [0.5, 0.6) is 0 Å². The number of hydrogen-bond acceptors (Lipinski definition) is 3. The van der Waals surface area contributed by atoms with E-state index in [-0.39, 0.29) is 10.9 Å². The van der Waals surface area contributed by atoms with Crippen LogP contribution in [0.25, 0.3) is 0 Å². The minimum atomic E-state index is -3.45. The molecule has 20 heavy (non-hydrogen) atoms. The van der Waals surface area contributed by atoms with Crippen molar-refractivity contribution in [1.29, 1.82) is 0 Å². The Morgan fingerprint density at radius 1 is 1.40 bits per heavy atom. The van der Waals surface area contributed by atoms with Crippen molar-refractivity contribution < 1.29 is 8.42 Å². The molecule has 4 nitrogen and oxygen atoms in total. The van der Waals surface area contributed by atoms with E-state index >= 15 is 0 Å². The minimum Gasteiger partial charge on any atom is -0.326 e. The van der Waals surface area contributed by atoms with Gasteiger partial charge in [0, 0.05) is 24.2 Å². The number of unbranched alkanes of at least 4 members (excludes halogenated alkanes) is 1. The Hall–Kier alpha value is -0.620. The monoisotopic (exact) mass is 316 g/mol. The Morgan fingerprint density at radius 3 is 2.60 bits per heavy atom. The fourth-order valence-corrected chi connectivity index (χ4v) is 4.24. The molecule has 1 fully saturated rings. The summed E-state index contributed by atoms with van der Waals surface area (Å²) in [6.45, 7) is 2.95. The Bertz CT molecular complexity index is 571. The Balaban J connectivity index is 2.29. The Kier molecular flexibility index (Phi) is 5.07. The summed E-state index contributed by atoms with van der Waals surface area (Å²) in [7, 11) is -3.45. The maximum absolute atomic E-state index is 12.7. The van der Waals surface area contributed by atoms with Crippen LogP contribution in [0.2, 0.25) is 5.02 Å². The smallest absolute Gasteiger partial charge is 0.243 e. The maximum Gasteiger partial charge on any atom is 0.243 e. The summed E-state index contributed by atoms with van der Waals surface area (Å²) in [4.78, 5) is 0.266. The lowest BCUT2D eigenvalue weighted by Crippen LogP contribution is -2.34. The first-order valence-corrected chi connectivity index (χ1v) is 8.82. The van der Waals surface area contributed by atoms with Gasteiger partial charge in [-0.25, -0.2) is 8.42 Å². The van der Waals surface area contributed by atoms with Crippen LogP contribution in [0.3, 0.4) is 0 Å². The van der Waals surface area contributed by atoms with Crippen LogP contribution in [0.1, 0.15) is 38.2 Å². The molecule has 1 saturated carbocycles. The molecule has 2 N–H and O–H groups in total. The first-order chi connectivity index (χ1) is 9.50. The van der Waals surface area contributed by atoms with Gasteiger partial charge in [0.2, 0.25) is 10.0 Å². The number of benzene rings is 1. The van der Waals surface area contributed by atoms with E-state index in [1.54, 1.807) is 16.4 Å². The van der Waals surface area contributed by atoms with Crippen LogP contribution in [0.4, 0.5) is 0 Å². The van der Waals surface area contributed by atoms with Crippen LogP contribution >= 0.6 is 11.6 Å². The standard InChI is InChI=1S/C14H21ClN2O2S/c1-2-3-8-17(12-5-6-12)20(18,19)13-7-4-11(10-16)14(15)9-13/h4,7,9,12H,2-3,5-6,8,10,16H2,1H3. The van der Waals surface area contributed by atoms with Crippen molar-refractivity contribution in [2.45, 2.75) is 50.1 Å². The minimum absolute atomic E-state index is 0.166. The highest BCUT2D eigenvalue weighted by Crippen LogP contribution is 2.33. The first-order valence-electron chi connectivity index (χ1n) is 7.01. The van der Waals surface area contributed by atoms with E-state index in [0.29, 0.717) is 18.1 Å². The molecular weight excluding hydrogens is 296 g/mol. The van der Waals surface area contributed by atoms with E-state index in [1.165, 1.54) is 6.07 Å². The number of hydrogen-bond donors (Lipinski definition) is 1. The average Bonchev–Trinajstić information content (AvgIpc) is 3.23. The van der Waals surface area contributed by atoms with Crippen molar-refractivity contribution >= 4 is 21.6 Å². The molecule has 0 amide bonds. The van der Waals surface area contributed by atoms with Crippen molar-refractivity contribution in [3.8, 4) is 0 Å². The molecule has 0 saturated heterocycles. The van der Waals surface area contributed by atoms with E-state index in [4.69, 9.17) is 17.3 Å². The number of sulfonamides is 1. The summed E-state index contributed by atoms with van der Waals surface area (Å²) in [6, 6.07) is 4.98. The third kappa shape index (κ3) is 3.34. The predicted molar refractivity (Wildman–Crippen MR) is 81.2 cm³/mol. The third-order valence-electron chi connectivity index (χ3n) is 3.54. The van der Waals surface area contributed by atoms with Crippen LogP contribution in [0, 0.1) is 0 Å². The highest BCUT2D eigenvalue weighted by molar-refractivity contribution is 7.89. The highest BCUT2D eigenvalue weighted by atomic mass is 35.5. The lowest BCUT2D eigenvalue weighted by Gasteiger charge is -2.22. The molecule has 112 valence electrons. The van der Waals surface area contributed by atoms with Crippen molar-refractivity contribution in [3.05, 3.63) is 28.8 Å². The molecule has 0 aromatic heterocycles. The zero-order chi connectivity index (χ0) is 14.8.